The van der Waals surface area contributed by atoms with Gasteiger partial charge in [0, 0.05) is 30.0 Å². The predicted molar refractivity (Wildman–Crippen MR) is 186 cm³/mol. The Balaban J connectivity index is 0.000000479. The summed E-state index contributed by atoms with van der Waals surface area (Å²) in [6, 6.07) is 35.2. The Bertz CT molecular complexity index is 1720. The summed E-state index contributed by atoms with van der Waals surface area (Å²) in [4.78, 5) is 25.1. The molecule has 0 aliphatic rings. The Morgan fingerprint density at radius 1 is 0.809 bits per heavy atom. The normalized spacial score (nSPS) is 11.4. The maximum atomic E-state index is 14.0. The van der Waals surface area contributed by atoms with Gasteiger partial charge in [-0.1, -0.05) is 92.7 Å². The highest BCUT2D eigenvalue weighted by molar-refractivity contribution is 6.12. The van der Waals surface area contributed by atoms with E-state index >= 15 is 0 Å². The van der Waals surface area contributed by atoms with Crippen LogP contribution in [0.5, 0.6) is 0 Å². The van der Waals surface area contributed by atoms with Gasteiger partial charge in [0.05, 0.1) is 23.8 Å². The number of amides is 1. The second kappa shape index (κ2) is 17.0. The monoisotopic (exact) mass is 635 g/mol. The molecule has 0 saturated heterocycles. The summed E-state index contributed by atoms with van der Waals surface area (Å²) in [5, 5.41) is 25.6. The second-order valence-corrected chi connectivity index (χ2v) is 11.5. The molecule has 244 valence electrons. The lowest BCUT2D eigenvalue weighted by atomic mass is 9.94. The quantitative estimate of drug-likeness (QED) is 0.111. The fourth-order valence-corrected chi connectivity index (χ4v) is 5.59. The van der Waals surface area contributed by atoms with Crippen LogP contribution in [-0.4, -0.2) is 39.8 Å². The SMILES string of the molecule is CC(C)c1c(C(=O)Nc2ccccc2)c(-c2ccccc2)c(-c2ccc(F)cc2)n1CC[C@@H](O)CC(=O)O.CNCc1ccccc1. The third-order valence-electron chi connectivity index (χ3n) is 7.61. The molecule has 1 aromatic heterocycles. The lowest BCUT2D eigenvalue weighted by molar-refractivity contribution is -0.139. The zero-order valence-electron chi connectivity index (χ0n) is 27.0. The molecule has 1 heterocycles. The molecule has 4 N–H and O–H groups in total. The number of rotatable bonds is 12. The topological polar surface area (TPSA) is 104 Å². The van der Waals surface area contributed by atoms with Crippen molar-refractivity contribution in [3.63, 3.8) is 0 Å². The molecule has 8 heteroatoms. The molecule has 0 spiro atoms. The third kappa shape index (κ3) is 9.48. The standard InChI is InChI=1S/C31H31FN2O4.C8H11N/c1-20(2)29-28(31(38)33-24-11-7-4-8-12-24)27(21-9-5-3-6-10-21)30(22-13-15-23(32)16-14-22)34(29)18-17-25(35)19-26(36)37;1-9-7-8-5-3-2-4-6-8/h3-16,20,25,35H,17-19H2,1-2H3,(H,33,38)(H,36,37);2-6,9H,7H2,1H3/t25-;/m1./s1. The van der Waals surface area contributed by atoms with Crippen molar-refractivity contribution in [2.24, 2.45) is 0 Å². The van der Waals surface area contributed by atoms with Crippen molar-refractivity contribution < 1.29 is 24.2 Å². The van der Waals surface area contributed by atoms with Gasteiger partial charge in [-0.3, -0.25) is 9.59 Å². The summed E-state index contributed by atoms with van der Waals surface area (Å²) in [6.07, 6.45) is -1.27. The van der Waals surface area contributed by atoms with Gasteiger partial charge in [-0.25, -0.2) is 4.39 Å². The second-order valence-electron chi connectivity index (χ2n) is 11.5. The molecule has 0 unspecified atom stereocenters. The number of nitrogens with one attached hydrogen (secondary N) is 2. The highest BCUT2D eigenvalue weighted by Gasteiger charge is 2.30. The van der Waals surface area contributed by atoms with E-state index in [-0.39, 0.29) is 37.0 Å². The molecular formula is C39H42FN3O4. The number of carboxylic acid groups (broad SMARTS) is 1. The van der Waals surface area contributed by atoms with Gasteiger partial charge in [-0.2, -0.15) is 0 Å². The fraction of sp³-hybridized carbons (Fsp3) is 0.231. The number of benzene rings is 4. The van der Waals surface area contributed by atoms with Gasteiger partial charge in [-0.05, 0) is 72.5 Å². The number of carbonyl (C=O) groups is 2. The molecule has 0 aliphatic carbocycles. The molecule has 7 nitrogen and oxygen atoms in total. The van der Waals surface area contributed by atoms with Crippen LogP contribution in [0, 0.1) is 5.82 Å². The minimum absolute atomic E-state index is 0.0974. The van der Waals surface area contributed by atoms with Crippen molar-refractivity contribution in [3.05, 3.63) is 138 Å². The van der Waals surface area contributed by atoms with Gasteiger partial charge in [-0.15, -0.1) is 0 Å². The number of aromatic nitrogens is 1. The van der Waals surface area contributed by atoms with Gasteiger partial charge in [0.25, 0.3) is 5.91 Å². The van der Waals surface area contributed by atoms with E-state index in [0.717, 1.165) is 17.8 Å². The van der Waals surface area contributed by atoms with E-state index in [1.54, 1.807) is 12.1 Å². The number of halogens is 1. The van der Waals surface area contributed by atoms with Crippen molar-refractivity contribution in [2.75, 3.05) is 12.4 Å². The van der Waals surface area contributed by atoms with E-state index in [4.69, 9.17) is 5.11 Å². The van der Waals surface area contributed by atoms with Crippen LogP contribution < -0.4 is 10.6 Å². The van der Waals surface area contributed by atoms with Gasteiger partial charge in [0.2, 0.25) is 0 Å². The largest absolute Gasteiger partial charge is 0.481 e. The summed E-state index contributed by atoms with van der Waals surface area (Å²) in [7, 11) is 1.95. The number of aliphatic hydroxyl groups is 1. The first-order chi connectivity index (χ1) is 22.7. The van der Waals surface area contributed by atoms with E-state index in [2.05, 4.69) is 22.8 Å². The van der Waals surface area contributed by atoms with Gasteiger partial charge in [0.15, 0.2) is 0 Å². The summed E-state index contributed by atoms with van der Waals surface area (Å²) in [6.45, 7) is 5.21. The molecule has 4 aromatic carbocycles. The van der Waals surface area contributed by atoms with Crippen LogP contribution in [0.25, 0.3) is 22.4 Å². The summed E-state index contributed by atoms with van der Waals surface area (Å²) < 4.78 is 15.9. The molecule has 5 rings (SSSR count). The Kier molecular flexibility index (Phi) is 12.6. The van der Waals surface area contributed by atoms with Crippen LogP contribution in [0.1, 0.15) is 54.2 Å². The number of anilines is 1. The number of carbonyl (C=O) groups excluding carboxylic acids is 1. The van der Waals surface area contributed by atoms with Crippen LogP contribution in [-0.2, 0) is 17.9 Å². The van der Waals surface area contributed by atoms with Crippen molar-refractivity contribution >= 4 is 17.6 Å². The molecule has 5 aromatic rings. The van der Waals surface area contributed by atoms with E-state index < -0.39 is 12.1 Å². The number of hydrogen-bond acceptors (Lipinski definition) is 4. The summed E-state index contributed by atoms with van der Waals surface area (Å²) in [5.74, 6) is -1.84. The molecule has 0 aliphatic heterocycles. The minimum atomic E-state index is -1.08. The first-order valence-electron chi connectivity index (χ1n) is 15.7. The lowest BCUT2D eigenvalue weighted by Crippen LogP contribution is -2.19. The van der Waals surface area contributed by atoms with Gasteiger partial charge < -0.3 is 25.4 Å². The molecule has 47 heavy (non-hydrogen) atoms. The Hall–Kier alpha value is -5.05. The molecule has 1 amide bonds. The van der Waals surface area contributed by atoms with Crippen molar-refractivity contribution in [3.8, 4) is 22.4 Å². The number of para-hydroxylation sites is 1. The molecule has 0 fully saturated rings. The van der Waals surface area contributed by atoms with Gasteiger partial charge in [0.1, 0.15) is 5.82 Å². The van der Waals surface area contributed by atoms with E-state index in [1.807, 2.05) is 104 Å². The van der Waals surface area contributed by atoms with Gasteiger partial charge >= 0.3 is 5.97 Å². The highest BCUT2D eigenvalue weighted by atomic mass is 19.1. The number of hydrogen-bond donors (Lipinski definition) is 4. The molecule has 0 saturated carbocycles. The summed E-state index contributed by atoms with van der Waals surface area (Å²) >= 11 is 0. The molecule has 0 radical (unpaired) electrons. The molecule has 1 atom stereocenters. The van der Waals surface area contributed by atoms with Crippen molar-refractivity contribution in [1.82, 2.24) is 9.88 Å². The zero-order chi connectivity index (χ0) is 33.8. The lowest BCUT2D eigenvalue weighted by Gasteiger charge is -2.18. The number of aliphatic carboxylic acids is 1. The Morgan fingerprint density at radius 2 is 1.38 bits per heavy atom. The molecule has 0 bridgehead atoms. The first kappa shape index (κ1) is 34.8. The number of nitrogens with zero attached hydrogens (tertiary/aromatic N) is 1. The van der Waals surface area contributed by atoms with Crippen LogP contribution in [0.15, 0.2) is 115 Å². The van der Waals surface area contributed by atoms with Crippen molar-refractivity contribution in [1.29, 1.82) is 0 Å². The van der Waals surface area contributed by atoms with E-state index in [1.165, 1.54) is 17.7 Å². The zero-order valence-corrected chi connectivity index (χ0v) is 27.0. The average molecular weight is 636 g/mol. The number of carboxylic acids is 1. The van der Waals surface area contributed by atoms with Crippen molar-refractivity contribution in [2.45, 2.75) is 51.8 Å². The maximum Gasteiger partial charge on any atom is 0.305 e. The fourth-order valence-electron chi connectivity index (χ4n) is 5.59. The van der Waals surface area contributed by atoms with Crippen LogP contribution in [0.3, 0.4) is 0 Å². The highest BCUT2D eigenvalue weighted by Crippen LogP contribution is 2.42. The van der Waals surface area contributed by atoms with Crippen LogP contribution >= 0.6 is 0 Å². The maximum absolute atomic E-state index is 14.0. The van der Waals surface area contributed by atoms with Crippen LogP contribution in [0.2, 0.25) is 0 Å². The van der Waals surface area contributed by atoms with E-state index in [0.29, 0.717) is 28.1 Å². The smallest absolute Gasteiger partial charge is 0.305 e. The summed E-state index contributed by atoms with van der Waals surface area (Å²) in [5.41, 5.74) is 6.15. The van der Waals surface area contributed by atoms with E-state index in [9.17, 15) is 19.1 Å². The number of aliphatic hydroxyl groups excluding tert-OH is 1. The average Bonchev–Trinajstić information content (AvgIpc) is 3.41. The van der Waals surface area contributed by atoms with Crippen LogP contribution in [0.4, 0.5) is 10.1 Å². The predicted octanol–water partition coefficient (Wildman–Crippen LogP) is 7.97. The third-order valence-corrected chi connectivity index (χ3v) is 7.61. The first-order valence-corrected chi connectivity index (χ1v) is 15.7. The Morgan fingerprint density at radius 3 is 1.94 bits per heavy atom. The molecular weight excluding hydrogens is 593 g/mol. The Labute approximate surface area is 275 Å². The minimum Gasteiger partial charge on any atom is -0.481 e.